The summed E-state index contributed by atoms with van der Waals surface area (Å²) in [5.41, 5.74) is 12.5. The van der Waals surface area contributed by atoms with Gasteiger partial charge in [0.05, 0.1) is 30.1 Å². The number of rotatable bonds is 0. The molecule has 0 amide bonds. The molecule has 17 heteroatoms. The minimum absolute atomic E-state index is 0.0451. The maximum atomic E-state index is 11.4. The maximum Gasteiger partial charge on any atom is 0.217 e. The van der Waals surface area contributed by atoms with Crippen LogP contribution >= 0.6 is 11.8 Å². The Balaban J connectivity index is 0.000000117. The molecule has 0 spiro atoms. The Morgan fingerprint density at radius 1 is 0.564 bits per heavy atom. The lowest BCUT2D eigenvalue weighted by Gasteiger charge is -2.35. The fourth-order valence-electron chi connectivity index (χ4n) is 10.1. The molecule has 55 heavy (non-hydrogen) atoms. The van der Waals surface area contributed by atoms with Gasteiger partial charge in [-0.3, -0.25) is 24.0 Å². The Kier molecular flexibility index (Phi) is 15.4. The molecule has 2 aliphatic carbocycles. The molecule has 0 radical (unpaired) electrons. The molecular formula is C38H66N10O6S. The molecule has 8 aliphatic heterocycles. The maximum absolute atomic E-state index is 11.4. The fraction of sp³-hybridized carbons (Fsp3) is 0.737. The van der Waals surface area contributed by atoms with E-state index in [1.165, 1.54) is 17.7 Å². The number of thioether (sulfide) groups is 1. The van der Waals surface area contributed by atoms with Crippen LogP contribution in [0.4, 0.5) is 0 Å². The first-order chi connectivity index (χ1) is 26.4. The first-order valence-electron chi connectivity index (χ1n) is 20.4. The number of carbonyl (C=O) groups excluding carboxylic acids is 5. The van der Waals surface area contributed by atoms with Crippen LogP contribution in [0.25, 0.3) is 0 Å². The van der Waals surface area contributed by atoms with Crippen molar-refractivity contribution in [3.8, 4) is 0 Å². The van der Waals surface area contributed by atoms with E-state index in [4.69, 9.17) is 4.74 Å². The summed E-state index contributed by atoms with van der Waals surface area (Å²) in [4.78, 5) is 57.6. The largest absolute Gasteiger partial charge is 0.459 e. The molecule has 10 aliphatic rings. The second-order valence-electron chi connectivity index (χ2n) is 16.5. The Hall–Kier alpha value is -1.74. The summed E-state index contributed by atoms with van der Waals surface area (Å²) in [6.45, 7) is 5.71. The van der Waals surface area contributed by atoms with E-state index in [-0.39, 0.29) is 54.5 Å². The predicted octanol–water partition coefficient (Wildman–Crippen LogP) is -7.26. The number of ether oxygens (including phenoxy) is 1. The van der Waals surface area contributed by atoms with Crippen molar-refractivity contribution in [2.24, 2.45) is 11.8 Å². The first kappa shape index (κ1) is 42.9. The topological polar surface area (TPSA) is 177 Å². The molecule has 10 rings (SSSR count). The molecule has 15 unspecified atom stereocenters. The van der Waals surface area contributed by atoms with Gasteiger partial charge in [-0.15, -0.1) is 40.0 Å². The van der Waals surface area contributed by atoms with Gasteiger partial charge in [0.1, 0.15) is 24.8 Å². The van der Waals surface area contributed by atoms with Crippen molar-refractivity contribution >= 4 is 40.7 Å². The van der Waals surface area contributed by atoms with Gasteiger partial charge in [-0.2, -0.15) is 28.8 Å². The highest BCUT2D eigenvalue weighted by molar-refractivity contribution is 8.01. The first-order valence-corrected chi connectivity index (χ1v) is 21.5. The lowest BCUT2D eigenvalue weighted by molar-refractivity contribution is -0.925. The van der Waals surface area contributed by atoms with Gasteiger partial charge >= 0.3 is 0 Å². The molecule has 2 saturated carbocycles. The highest BCUT2D eigenvalue weighted by Gasteiger charge is 2.45. The molecule has 0 aromatic carbocycles. The van der Waals surface area contributed by atoms with Crippen molar-refractivity contribution in [1.82, 2.24) is 27.0 Å². The zero-order chi connectivity index (χ0) is 39.2. The number of fused-ring (bicyclic) bond motifs is 5. The van der Waals surface area contributed by atoms with Crippen LogP contribution in [-0.4, -0.2) is 128 Å². The average molecular weight is 791 g/mol. The minimum atomic E-state index is -0.0660. The minimum Gasteiger partial charge on any atom is -0.459 e. The van der Waals surface area contributed by atoms with E-state index in [1.807, 2.05) is 0 Å². The highest BCUT2D eigenvalue weighted by Crippen LogP contribution is 2.28. The van der Waals surface area contributed by atoms with Gasteiger partial charge in [-0.05, 0) is 51.4 Å². The zero-order valence-electron chi connectivity index (χ0n) is 32.4. The van der Waals surface area contributed by atoms with Crippen LogP contribution in [0, 0.1) is 47.1 Å². The highest BCUT2D eigenvalue weighted by atomic mass is 32.2. The van der Waals surface area contributed by atoms with Crippen molar-refractivity contribution in [2.75, 3.05) is 51.6 Å². The van der Waals surface area contributed by atoms with Gasteiger partial charge in [0.15, 0.2) is 35.5 Å². The normalized spacial score (nSPS) is 44.1. The molecular weight excluding hydrogens is 725 g/mol. The van der Waals surface area contributed by atoms with E-state index in [1.54, 1.807) is 11.8 Å². The fourth-order valence-corrected chi connectivity index (χ4v) is 11.5. The number of ketones is 5. The van der Waals surface area contributed by atoms with Crippen LogP contribution in [0.3, 0.4) is 0 Å². The van der Waals surface area contributed by atoms with E-state index in [0.29, 0.717) is 52.8 Å². The molecule has 310 valence electrons. The van der Waals surface area contributed by atoms with E-state index in [9.17, 15) is 24.0 Å². The second-order valence-corrected chi connectivity index (χ2v) is 17.7. The third-order valence-electron chi connectivity index (χ3n) is 13.0. The van der Waals surface area contributed by atoms with Crippen LogP contribution in [0.5, 0.6) is 0 Å². The lowest BCUT2D eigenvalue weighted by atomic mass is 9.92. The number of hydrogen-bond acceptors (Lipinski definition) is 12. The Labute approximate surface area is 331 Å². The second kappa shape index (κ2) is 19.8. The lowest BCUT2D eigenvalue weighted by Crippen LogP contribution is -3.20. The van der Waals surface area contributed by atoms with Gasteiger partial charge in [-0.1, -0.05) is 0 Å². The molecule has 0 bridgehead atoms. The summed E-state index contributed by atoms with van der Waals surface area (Å²) < 4.78 is 5.29. The van der Waals surface area contributed by atoms with Crippen molar-refractivity contribution in [3.05, 3.63) is 35.2 Å². The molecule has 8 heterocycles. The smallest absolute Gasteiger partial charge is 0.217 e. The van der Waals surface area contributed by atoms with Gasteiger partial charge in [0.25, 0.3) is 0 Å². The van der Waals surface area contributed by atoms with E-state index in [2.05, 4.69) is 62.3 Å². The van der Waals surface area contributed by atoms with Crippen molar-refractivity contribution < 1.29 is 53.6 Å². The number of likely N-dealkylation sites (tertiary alicyclic amines) is 1. The number of carbonyl (C=O) groups is 5. The third-order valence-corrected chi connectivity index (χ3v) is 14.4. The molecule has 15 atom stereocenters. The molecule has 16 nitrogen and oxygen atoms in total. The number of Topliss-reactive ketones (excluding diaryl/α,β-unsaturated/α-hetero) is 5. The van der Waals surface area contributed by atoms with E-state index in [0.717, 1.165) is 104 Å². The van der Waals surface area contributed by atoms with Crippen molar-refractivity contribution in [2.45, 2.75) is 112 Å². The molecule has 0 aromatic rings. The standard InChI is InChI=1S/C9H15NO.C8H14N2O.C7H13N3O.C7H12N2O2.C7H12N2OS/c1-10-6-2-3-7-4-5-8(11)9(7)10;1-10-8-6(4-5-9-10)2-3-7(8)11;1-10-7-5(2-3-9-10)8-4-6(7)11;2*1-9-7-5(10)4-11-6(7)2-3-8-9/h7,9-10H,1-6H2;6,8-10H,1-5H2;5,7-10H,1-4H2;2*6-9H,1-4H2. The Morgan fingerprint density at radius 2 is 1.15 bits per heavy atom. The van der Waals surface area contributed by atoms with Crippen LogP contribution < -0.4 is 52.0 Å². The summed E-state index contributed by atoms with van der Waals surface area (Å²) >= 11 is 1.79. The van der Waals surface area contributed by atoms with Gasteiger partial charge in [0.2, 0.25) is 11.6 Å². The van der Waals surface area contributed by atoms with Crippen molar-refractivity contribution in [3.63, 3.8) is 0 Å². The van der Waals surface area contributed by atoms with Crippen LogP contribution in [0.15, 0.2) is 0 Å². The van der Waals surface area contributed by atoms with Gasteiger partial charge < -0.3 is 35.0 Å². The van der Waals surface area contributed by atoms with Crippen LogP contribution in [0.1, 0.15) is 64.2 Å². The van der Waals surface area contributed by atoms with Crippen LogP contribution in [-0.2, 0) is 28.7 Å². The quantitative estimate of drug-likeness (QED) is 0.105. The molecule has 10 N–H and O–H groups in total. The summed E-state index contributed by atoms with van der Waals surface area (Å²) in [5.74, 6) is 3.64. The zero-order valence-corrected chi connectivity index (χ0v) is 33.2. The average Bonchev–Trinajstić information content (AvgIpc) is 4.01. The summed E-state index contributed by atoms with van der Waals surface area (Å²) in [6, 6.07) is 0.880. The van der Waals surface area contributed by atoms with Gasteiger partial charge in [0, 0.05) is 50.9 Å². The number of quaternary nitrogens is 5. The summed E-state index contributed by atoms with van der Waals surface area (Å²) in [5, 5.41) is 7.35. The predicted molar refractivity (Wildman–Crippen MR) is 203 cm³/mol. The SMILES string of the molecule is [CH2-][NH+]1CCCC2CCC(=O)C21.[CH2-][NH+]1NCCC2CCC(=O)C21.[CH2-][NH+]1NCCC2NCC(=O)C21.[CH2-][NH+]1NCCC2OCC(=O)C21.[CH2-][NH+]1NCCC2SCC(=O)C21. The number of piperidine rings is 1. The van der Waals surface area contributed by atoms with E-state index < -0.39 is 0 Å². The third kappa shape index (κ3) is 10.3. The van der Waals surface area contributed by atoms with Crippen LogP contribution in [0.2, 0.25) is 0 Å². The van der Waals surface area contributed by atoms with Gasteiger partial charge in [-0.25, -0.2) is 0 Å². The Morgan fingerprint density at radius 3 is 1.78 bits per heavy atom. The monoisotopic (exact) mass is 790 g/mol. The summed E-state index contributed by atoms with van der Waals surface area (Å²) in [7, 11) is 19.4. The summed E-state index contributed by atoms with van der Waals surface area (Å²) in [6.07, 6.45) is 10.6. The van der Waals surface area contributed by atoms with E-state index >= 15 is 0 Å². The molecule has 0 aromatic heterocycles. The van der Waals surface area contributed by atoms with Crippen molar-refractivity contribution in [1.29, 1.82) is 0 Å². The Bertz CT molecular complexity index is 1150. The number of nitrogens with one attached hydrogen (secondary N) is 10. The number of hydrogen-bond donors (Lipinski definition) is 10. The molecule has 8 saturated heterocycles. The molecule has 10 fully saturated rings.